The second-order valence-corrected chi connectivity index (χ2v) is 6.42. The highest BCUT2D eigenvalue weighted by molar-refractivity contribution is 5.41. The van der Waals surface area contributed by atoms with Crippen molar-refractivity contribution >= 4 is 0 Å². The van der Waals surface area contributed by atoms with E-state index in [2.05, 4.69) is 38.0 Å². The molecule has 1 fully saturated rings. The summed E-state index contributed by atoms with van der Waals surface area (Å²) in [5, 5.41) is 3.43. The molecule has 0 saturated carbocycles. The van der Waals surface area contributed by atoms with E-state index in [-0.39, 0.29) is 0 Å². The molecule has 1 saturated heterocycles. The van der Waals surface area contributed by atoms with Crippen LogP contribution in [0.1, 0.15) is 37.1 Å². The van der Waals surface area contributed by atoms with E-state index in [0.717, 1.165) is 36.7 Å². The van der Waals surface area contributed by atoms with Crippen LogP contribution in [0.5, 0.6) is 5.75 Å². The van der Waals surface area contributed by atoms with Gasteiger partial charge in [-0.1, -0.05) is 13.8 Å². The van der Waals surface area contributed by atoms with Crippen molar-refractivity contribution in [1.82, 2.24) is 10.3 Å². The molecule has 0 amide bonds. The quantitative estimate of drug-likeness (QED) is 0.886. The van der Waals surface area contributed by atoms with E-state index < -0.39 is 0 Å². The van der Waals surface area contributed by atoms with Gasteiger partial charge in [-0.05, 0) is 32.6 Å². The first-order valence-corrected chi connectivity index (χ1v) is 7.17. The molecule has 0 radical (unpaired) electrons. The predicted molar refractivity (Wildman–Crippen MR) is 78.7 cm³/mol. The minimum Gasteiger partial charge on any atom is -0.496 e. The molecular formula is C16H26N2O. The van der Waals surface area contributed by atoms with Gasteiger partial charge < -0.3 is 10.1 Å². The van der Waals surface area contributed by atoms with E-state index in [0.29, 0.717) is 5.41 Å². The monoisotopic (exact) mass is 262 g/mol. The molecule has 1 aromatic rings. The Balaban J connectivity index is 2.23. The Bertz CT molecular complexity index is 450. The van der Waals surface area contributed by atoms with Crippen LogP contribution < -0.4 is 10.1 Å². The third kappa shape index (κ3) is 2.92. The maximum absolute atomic E-state index is 5.51. The second kappa shape index (κ2) is 5.49. The summed E-state index contributed by atoms with van der Waals surface area (Å²) in [5.74, 6) is 1.73. The van der Waals surface area contributed by atoms with E-state index >= 15 is 0 Å². The fourth-order valence-electron chi connectivity index (χ4n) is 3.29. The molecule has 3 heteroatoms. The van der Waals surface area contributed by atoms with E-state index in [1.165, 1.54) is 17.7 Å². The van der Waals surface area contributed by atoms with Crippen molar-refractivity contribution in [3.8, 4) is 5.75 Å². The number of nitrogens with one attached hydrogen (secondary N) is 1. The lowest BCUT2D eigenvalue weighted by atomic mass is 9.71. The molecule has 2 heterocycles. The fourth-order valence-corrected chi connectivity index (χ4v) is 3.29. The topological polar surface area (TPSA) is 34.1 Å². The lowest BCUT2D eigenvalue weighted by molar-refractivity contribution is 0.129. The Hall–Kier alpha value is -1.09. The first-order chi connectivity index (χ1) is 8.97. The van der Waals surface area contributed by atoms with E-state index in [4.69, 9.17) is 4.74 Å². The summed E-state index contributed by atoms with van der Waals surface area (Å²) in [6.07, 6.45) is 4.26. The highest BCUT2D eigenvalue weighted by Gasteiger charge is 2.38. The largest absolute Gasteiger partial charge is 0.496 e. The molecule has 19 heavy (non-hydrogen) atoms. The Morgan fingerprint density at radius 1 is 1.37 bits per heavy atom. The lowest BCUT2D eigenvalue weighted by Gasteiger charge is -2.44. The number of ether oxygens (including phenoxy) is 1. The first kappa shape index (κ1) is 14.3. The number of hydrogen-bond donors (Lipinski definition) is 1. The molecule has 0 atom stereocenters. The maximum atomic E-state index is 5.51. The summed E-state index contributed by atoms with van der Waals surface area (Å²) >= 11 is 0. The average molecular weight is 262 g/mol. The number of methoxy groups -OCH3 is 1. The Labute approximate surface area is 116 Å². The van der Waals surface area contributed by atoms with Crippen LogP contribution in [0.2, 0.25) is 0 Å². The van der Waals surface area contributed by atoms with Crippen LogP contribution in [0.3, 0.4) is 0 Å². The molecule has 3 nitrogen and oxygen atoms in total. The minimum atomic E-state index is 0.395. The number of rotatable bonds is 5. The van der Waals surface area contributed by atoms with Crippen LogP contribution in [-0.4, -0.2) is 25.2 Å². The fraction of sp³-hybridized carbons (Fsp3) is 0.688. The van der Waals surface area contributed by atoms with Gasteiger partial charge in [0.1, 0.15) is 5.75 Å². The van der Waals surface area contributed by atoms with Gasteiger partial charge in [0.15, 0.2) is 0 Å². The maximum Gasteiger partial charge on any atom is 0.128 e. The van der Waals surface area contributed by atoms with Gasteiger partial charge in [0.05, 0.1) is 7.11 Å². The molecule has 106 valence electrons. The SMILES string of the molecule is COc1c(C)cnc(CC2(CC(C)C)CNC2)c1C. The van der Waals surface area contributed by atoms with Crippen molar-refractivity contribution in [2.24, 2.45) is 11.3 Å². The lowest BCUT2D eigenvalue weighted by Crippen LogP contribution is -2.55. The van der Waals surface area contributed by atoms with Crippen molar-refractivity contribution in [1.29, 1.82) is 0 Å². The van der Waals surface area contributed by atoms with Gasteiger partial charge in [-0.15, -0.1) is 0 Å². The summed E-state index contributed by atoms with van der Waals surface area (Å²) in [4.78, 5) is 4.65. The third-order valence-electron chi connectivity index (χ3n) is 4.13. The van der Waals surface area contributed by atoms with Gasteiger partial charge in [-0.3, -0.25) is 4.98 Å². The summed E-state index contributed by atoms with van der Waals surface area (Å²) in [6, 6.07) is 0. The highest BCUT2D eigenvalue weighted by Crippen LogP contribution is 2.36. The van der Waals surface area contributed by atoms with Crippen molar-refractivity contribution in [2.75, 3.05) is 20.2 Å². The van der Waals surface area contributed by atoms with Crippen LogP contribution in [0.25, 0.3) is 0 Å². The standard InChI is InChI=1S/C16H26N2O/c1-11(2)6-16(9-17-10-16)7-14-13(4)15(19-5)12(3)8-18-14/h8,11,17H,6-7,9-10H2,1-5H3. The summed E-state index contributed by atoms with van der Waals surface area (Å²) in [6.45, 7) is 11.0. The first-order valence-electron chi connectivity index (χ1n) is 7.17. The zero-order valence-corrected chi connectivity index (χ0v) is 12.8. The Morgan fingerprint density at radius 3 is 2.53 bits per heavy atom. The van der Waals surface area contributed by atoms with Crippen molar-refractivity contribution in [3.05, 3.63) is 23.0 Å². The van der Waals surface area contributed by atoms with Crippen LogP contribution in [-0.2, 0) is 6.42 Å². The highest BCUT2D eigenvalue weighted by atomic mass is 16.5. The Kier molecular flexibility index (Phi) is 4.14. The molecule has 2 rings (SSSR count). The molecule has 1 N–H and O–H groups in total. The Morgan fingerprint density at radius 2 is 2.05 bits per heavy atom. The molecule has 1 aliphatic rings. The third-order valence-corrected chi connectivity index (χ3v) is 4.13. The number of nitrogens with zero attached hydrogens (tertiary/aromatic N) is 1. The summed E-state index contributed by atoms with van der Waals surface area (Å²) < 4.78 is 5.51. The van der Waals surface area contributed by atoms with Gasteiger partial charge >= 0.3 is 0 Å². The van der Waals surface area contributed by atoms with Crippen LogP contribution >= 0.6 is 0 Å². The minimum absolute atomic E-state index is 0.395. The number of aryl methyl sites for hydroxylation is 1. The van der Waals surface area contributed by atoms with Crippen LogP contribution in [0.15, 0.2) is 6.20 Å². The molecule has 0 aromatic carbocycles. The van der Waals surface area contributed by atoms with Crippen LogP contribution in [0, 0.1) is 25.2 Å². The second-order valence-electron chi connectivity index (χ2n) is 6.42. The number of aromatic nitrogens is 1. The molecule has 0 spiro atoms. The predicted octanol–water partition coefficient (Wildman–Crippen LogP) is 2.89. The molecule has 0 unspecified atom stereocenters. The summed E-state index contributed by atoms with van der Waals surface area (Å²) in [7, 11) is 1.74. The normalized spacial score (nSPS) is 17.4. The van der Waals surface area contributed by atoms with Gasteiger partial charge in [0.25, 0.3) is 0 Å². The van der Waals surface area contributed by atoms with Gasteiger partial charge in [-0.2, -0.15) is 0 Å². The van der Waals surface area contributed by atoms with Crippen LogP contribution in [0.4, 0.5) is 0 Å². The van der Waals surface area contributed by atoms with E-state index in [1.54, 1.807) is 7.11 Å². The molecule has 0 bridgehead atoms. The van der Waals surface area contributed by atoms with Gasteiger partial charge in [0, 0.05) is 41.5 Å². The number of pyridine rings is 1. The van der Waals surface area contributed by atoms with Gasteiger partial charge in [0.2, 0.25) is 0 Å². The molecule has 0 aliphatic carbocycles. The van der Waals surface area contributed by atoms with Crippen molar-refractivity contribution in [2.45, 2.75) is 40.5 Å². The van der Waals surface area contributed by atoms with E-state index in [1.807, 2.05) is 6.20 Å². The van der Waals surface area contributed by atoms with E-state index in [9.17, 15) is 0 Å². The average Bonchev–Trinajstić information content (AvgIpc) is 2.30. The zero-order valence-electron chi connectivity index (χ0n) is 12.8. The summed E-state index contributed by atoms with van der Waals surface area (Å²) in [5.41, 5.74) is 3.92. The zero-order chi connectivity index (χ0) is 14.0. The molecule has 1 aliphatic heterocycles. The smallest absolute Gasteiger partial charge is 0.128 e. The molecular weight excluding hydrogens is 236 g/mol. The molecule has 1 aromatic heterocycles. The van der Waals surface area contributed by atoms with Gasteiger partial charge in [-0.25, -0.2) is 0 Å². The van der Waals surface area contributed by atoms with Crippen molar-refractivity contribution < 1.29 is 4.74 Å². The number of hydrogen-bond acceptors (Lipinski definition) is 3. The van der Waals surface area contributed by atoms with Crippen molar-refractivity contribution in [3.63, 3.8) is 0 Å².